The van der Waals surface area contributed by atoms with Crippen LogP contribution in [-0.4, -0.2) is 24.1 Å². The highest BCUT2D eigenvalue weighted by atomic mass is 79.9. The molecule has 4 rings (SSSR count). The Bertz CT molecular complexity index is 1150. The lowest BCUT2D eigenvalue weighted by atomic mass is 10.1. The van der Waals surface area contributed by atoms with Crippen molar-refractivity contribution in [3.05, 3.63) is 74.4 Å². The molecule has 1 N–H and O–H groups in total. The molecule has 0 unspecified atom stereocenters. The normalized spacial score (nSPS) is 13.5. The Morgan fingerprint density at radius 3 is 2.53 bits per heavy atom. The van der Waals surface area contributed by atoms with E-state index in [-0.39, 0.29) is 24.8 Å². The van der Waals surface area contributed by atoms with Gasteiger partial charge in [0, 0.05) is 5.69 Å². The van der Waals surface area contributed by atoms with Gasteiger partial charge in [-0.1, -0.05) is 30.3 Å². The van der Waals surface area contributed by atoms with Gasteiger partial charge in [-0.05, 0) is 65.2 Å². The zero-order valence-electron chi connectivity index (χ0n) is 16.6. The zero-order valence-corrected chi connectivity index (χ0v) is 19.0. The van der Waals surface area contributed by atoms with E-state index in [1.807, 2.05) is 68.4 Å². The fourth-order valence-corrected chi connectivity index (χ4v) is 4.84. The van der Waals surface area contributed by atoms with Crippen molar-refractivity contribution in [2.75, 3.05) is 16.8 Å². The number of nitrogens with zero attached hydrogens (tertiary/aromatic N) is 2. The Hall–Kier alpha value is -2.77. The first kappa shape index (κ1) is 20.5. The topological polar surface area (TPSA) is 61.8 Å². The number of para-hydroxylation sites is 3. The number of aryl methyl sites for hydroxylation is 2. The number of anilines is 2. The van der Waals surface area contributed by atoms with E-state index in [2.05, 4.69) is 21.2 Å². The number of fused-ring (bicyclic) bond motifs is 1. The molecule has 0 aliphatic carbocycles. The third-order valence-corrected chi connectivity index (χ3v) is 6.63. The van der Waals surface area contributed by atoms with Crippen molar-refractivity contribution in [1.82, 2.24) is 0 Å². The van der Waals surface area contributed by atoms with E-state index in [0.29, 0.717) is 17.1 Å². The monoisotopic (exact) mass is 481 g/mol. The summed E-state index contributed by atoms with van der Waals surface area (Å²) in [6, 6.07) is 17.2. The van der Waals surface area contributed by atoms with E-state index >= 15 is 0 Å². The first-order valence-electron chi connectivity index (χ1n) is 9.51. The molecule has 0 saturated carbocycles. The van der Waals surface area contributed by atoms with Gasteiger partial charge in [0.2, 0.25) is 11.8 Å². The van der Waals surface area contributed by atoms with Crippen molar-refractivity contribution >= 4 is 61.9 Å². The van der Waals surface area contributed by atoms with Crippen LogP contribution in [0, 0.1) is 13.8 Å². The van der Waals surface area contributed by atoms with Crippen molar-refractivity contribution in [3.8, 4) is 0 Å². The molecule has 3 aromatic rings. The van der Waals surface area contributed by atoms with Gasteiger partial charge in [0.15, 0.2) is 0 Å². The molecule has 0 bridgehead atoms. The average molecular weight is 482 g/mol. The predicted molar refractivity (Wildman–Crippen MR) is 126 cm³/mol. The molecule has 0 radical (unpaired) electrons. The van der Waals surface area contributed by atoms with Gasteiger partial charge in [0.25, 0.3) is 0 Å². The lowest BCUT2D eigenvalue weighted by Crippen LogP contribution is -2.38. The number of hydrogen-bond acceptors (Lipinski definition) is 4. The summed E-state index contributed by atoms with van der Waals surface area (Å²) in [4.78, 5) is 33.2. The molecule has 1 aliphatic rings. The Morgan fingerprint density at radius 2 is 1.83 bits per heavy atom. The van der Waals surface area contributed by atoms with E-state index in [4.69, 9.17) is 4.99 Å². The molecule has 0 fully saturated rings. The number of carbonyl (C=O) groups excluding carboxylic acids is 2. The van der Waals surface area contributed by atoms with Crippen molar-refractivity contribution in [3.63, 3.8) is 0 Å². The second kappa shape index (κ2) is 8.53. The van der Waals surface area contributed by atoms with Crippen LogP contribution in [0.25, 0.3) is 0 Å². The lowest BCUT2D eigenvalue weighted by Gasteiger charge is -2.22. The van der Waals surface area contributed by atoms with Crippen LogP contribution in [0.5, 0.6) is 0 Å². The first-order valence-corrected chi connectivity index (χ1v) is 11.1. The number of amides is 2. The quantitative estimate of drug-likeness (QED) is 0.525. The Labute approximate surface area is 187 Å². The molecule has 2 amide bonds. The molecule has 0 spiro atoms. The van der Waals surface area contributed by atoms with Gasteiger partial charge >= 0.3 is 0 Å². The molecular weight excluding hydrogens is 462 g/mol. The van der Waals surface area contributed by atoms with E-state index in [9.17, 15) is 9.59 Å². The van der Waals surface area contributed by atoms with Crippen LogP contribution < -0.4 is 10.2 Å². The summed E-state index contributed by atoms with van der Waals surface area (Å²) in [7, 11) is 0. The van der Waals surface area contributed by atoms with Crippen molar-refractivity contribution in [2.24, 2.45) is 4.99 Å². The minimum atomic E-state index is -0.238. The largest absolute Gasteiger partial charge is 0.324 e. The van der Waals surface area contributed by atoms with Gasteiger partial charge < -0.3 is 10.2 Å². The number of nitrogens with one attached hydrogen (secondary N) is 1. The highest BCUT2D eigenvalue weighted by Gasteiger charge is 2.27. The molecule has 2 heterocycles. The van der Waals surface area contributed by atoms with Crippen LogP contribution in [0.3, 0.4) is 0 Å². The SMILES string of the molecule is Cc1cccc(C)c1NC(=O)CN1C(=O)CC(c2ccc(Br)s2)=Nc2ccccc21. The zero-order chi connectivity index (χ0) is 21.3. The van der Waals surface area contributed by atoms with Crippen LogP contribution in [-0.2, 0) is 9.59 Å². The standard InChI is InChI=1S/C23H20BrN3O2S/c1-14-6-5-7-15(2)23(14)26-21(28)13-27-18-9-4-3-8-16(18)25-17(12-22(27)29)19-10-11-20(24)30-19/h3-11H,12-13H2,1-2H3,(H,26,28). The molecule has 0 atom stereocenters. The van der Waals surface area contributed by atoms with Gasteiger partial charge in [-0.2, -0.15) is 0 Å². The molecular formula is C23H20BrN3O2S. The van der Waals surface area contributed by atoms with E-state index in [1.54, 1.807) is 0 Å². The number of halogens is 1. The molecule has 152 valence electrons. The highest BCUT2D eigenvalue weighted by Crippen LogP contribution is 2.34. The minimum Gasteiger partial charge on any atom is -0.324 e. The Morgan fingerprint density at radius 1 is 1.10 bits per heavy atom. The summed E-state index contributed by atoms with van der Waals surface area (Å²) in [6.45, 7) is 3.84. The highest BCUT2D eigenvalue weighted by molar-refractivity contribution is 9.11. The van der Waals surface area contributed by atoms with Crippen LogP contribution in [0.1, 0.15) is 22.4 Å². The smallest absolute Gasteiger partial charge is 0.244 e. The van der Waals surface area contributed by atoms with Crippen molar-refractivity contribution in [1.29, 1.82) is 0 Å². The second-order valence-corrected chi connectivity index (χ2v) is 9.59. The first-order chi connectivity index (χ1) is 14.4. The maximum atomic E-state index is 13.1. The van der Waals surface area contributed by atoms with Crippen molar-refractivity contribution in [2.45, 2.75) is 20.3 Å². The third kappa shape index (κ3) is 4.22. The number of thiophene rings is 1. The molecule has 30 heavy (non-hydrogen) atoms. The molecule has 2 aromatic carbocycles. The summed E-state index contributed by atoms with van der Waals surface area (Å²) in [5, 5.41) is 2.97. The maximum Gasteiger partial charge on any atom is 0.244 e. The van der Waals surface area contributed by atoms with Gasteiger partial charge in [0.1, 0.15) is 6.54 Å². The van der Waals surface area contributed by atoms with Crippen LogP contribution >= 0.6 is 27.3 Å². The maximum absolute atomic E-state index is 13.1. The van der Waals surface area contributed by atoms with Gasteiger partial charge in [-0.3, -0.25) is 9.59 Å². The van der Waals surface area contributed by atoms with Crippen LogP contribution in [0.15, 0.2) is 63.4 Å². The predicted octanol–water partition coefficient (Wildman–Crippen LogP) is 5.62. The molecule has 7 heteroatoms. The van der Waals surface area contributed by atoms with Crippen molar-refractivity contribution < 1.29 is 9.59 Å². The number of benzene rings is 2. The van der Waals surface area contributed by atoms with Gasteiger partial charge in [-0.15, -0.1) is 11.3 Å². The summed E-state index contributed by atoms with van der Waals surface area (Å²) in [5.74, 6) is -0.391. The van der Waals surface area contributed by atoms with E-state index in [1.165, 1.54) is 16.2 Å². The minimum absolute atomic E-state index is 0.0689. The van der Waals surface area contributed by atoms with E-state index < -0.39 is 0 Å². The number of hydrogen-bond donors (Lipinski definition) is 1. The second-order valence-electron chi connectivity index (χ2n) is 7.12. The number of rotatable bonds is 4. The lowest BCUT2D eigenvalue weighted by molar-refractivity contribution is -0.120. The summed E-state index contributed by atoms with van der Waals surface area (Å²) in [5.41, 5.74) is 4.80. The number of carbonyl (C=O) groups is 2. The number of aliphatic imine (C=N–C) groups is 1. The molecule has 5 nitrogen and oxygen atoms in total. The summed E-state index contributed by atoms with van der Waals surface area (Å²) in [6.07, 6.45) is 0.137. The van der Waals surface area contributed by atoms with Crippen LogP contribution in [0.4, 0.5) is 17.1 Å². The molecule has 1 aromatic heterocycles. The fourth-order valence-electron chi connectivity index (χ4n) is 3.46. The third-order valence-electron chi connectivity index (χ3n) is 4.95. The average Bonchev–Trinajstić information content (AvgIpc) is 3.09. The van der Waals surface area contributed by atoms with E-state index in [0.717, 1.165) is 25.5 Å². The molecule has 0 saturated heterocycles. The van der Waals surface area contributed by atoms with Gasteiger partial charge in [0.05, 0.1) is 32.2 Å². The summed E-state index contributed by atoms with van der Waals surface area (Å²) < 4.78 is 0.981. The Kier molecular flexibility index (Phi) is 5.83. The fraction of sp³-hybridized carbons (Fsp3) is 0.174. The van der Waals surface area contributed by atoms with Crippen LogP contribution in [0.2, 0.25) is 0 Å². The van der Waals surface area contributed by atoms with Gasteiger partial charge in [-0.25, -0.2) is 4.99 Å². The summed E-state index contributed by atoms with van der Waals surface area (Å²) >= 11 is 5.00. The molecule has 1 aliphatic heterocycles. The Balaban J connectivity index is 1.62.